The Labute approximate surface area is 201 Å². The zero-order valence-electron chi connectivity index (χ0n) is 17.5. The highest BCUT2D eigenvalue weighted by atomic mass is 35.5. The fourth-order valence-corrected chi connectivity index (χ4v) is 6.41. The second-order valence-electron chi connectivity index (χ2n) is 8.35. The average Bonchev–Trinajstić information content (AvgIpc) is 3.07. The van der Waals surface area contributed by atoms with Crippen molar-refractivity contribution in [1.29, 1.82) is 0 Å². The molecule has 1 amide bonds. The van der Waals surface area contributed by atoms with E-state index in [0.29, 0.717) is 37.1 Å². The fourth-order valence-electron chi connectivity index (χ4n) is 4.01. The summed E-state index contributed by atoms with van der Waals surface area (Å²) in [6.07, 6.45) is 1.70. The van der Waals surface area contributed by atoms with Gasteiger partial charge in [-0.25, -0.2) is 13.4 Å². The van der Waals surface area contributed by atoms with Crippen LogP contribution in [0.4, 0.5) is 5.13 Å². The van der Waals surface area contributed by atoms with Crippen molar-refractivity contribution in [1.82, 2.24) is 9.29 Å². The molecular formula is C21H23Cl2N3O4S2. The second-order valence-corrected chi connectivity index (χ2v) is 12.2. The number of halogens is 2. The molecule has 2 unspecified atom stereocenters. The highest BCUT2D eigenvalue weighted by molar-refractivity contribution is 7.89. The minimum Gasteiger partial charge on any atom is -0.379 e. The molecule has 1 N–H and O–H groups in total. The third-order valence-corrected chi connectivity index (χ3v) is 8.91. The Balaban J connectivity index is 1.44. The second kappa shape index (κ2) is 9.04. The summed E-state index contributed by atoms with van der Waals surface area (Å²) in [4.78, 5) is 17.4. The number of nitrogens with zero attached hydrogens (tertiary/aromatic N) is 2. The highest BCUT2D eigenvalue weighted by Gasteiger charge is 2.60. The molecule has 1 saturated carbocycles. The maximum Gasteiger partial charge on any atom is 0.243 e. The van der Waals surface area contributed by atoms with E-state index in [4.69, 9.17) is 27.9 Å². The normalized spacial score (nSPS) is 22.9. The first kappa shape index (κ1) is 23.7. The zero-order chi connectivity index (χ0) is 23.1. The van der Waals surface area contributed by atoms with Crippen molar-refractivity contribution in [2.75, 3.05) is 31.6 Å². The molecule has 32 heavy (non-hydrogen) atoms. The van der Waals surface area contributed by atoms with Gasteiger partial charge in [-0.1, -0.05) is 49.2 Å². The van der Waals surface area contributed by atoms with Gasteiger partial charge in [0, 0.05) is 24.0 Å². The number of carbonyl (C=O) groups is 1. The number of hydrogen-bond donors (Lipinski definition) is 1. The quantitative estimate of drug-likeness (QED) is 0.617. The number of sulfonamides is 1. The van der Waals surface area contributed by atoms with E-state index < -0.39 is 10.0 Å². The fraction of sp³-hybridized carbons (Fsp3) is 0.429. The number of morpholine rings is 1. The number of rotatable bonds is 6. The van der Waals surface area contributed by atoms with Gasteiger partial charge >= 0.3 is 0 Å². The first-order valence-electron chi connectivity index (χ1n) is 10.1. The topological polar surface area (TPSA) is 88.6 Å². The Morgan fingerprint density at radius 3 is 2.53 bits per heavy atom. The number of amides is 1. The Kier molecular flexibility index (Phi) is 6.68. The third-order valence-electron chi connectivity index (χ3n) is 5.99. The lowest BCUT2D eigenvalue weighted by molar-refractivity contribution is -0.118. The van der Waals surface area contributed by atoms with E-state index in [1.807, 2.05) is 19.2 Å². The van der Waals surface area contributed by atoms with Crippen LogP contribution in [0, 0.1) is 17.3 Å². The largest absolute Gasteiger partial charge is 0.379 e. The molecule has 7 nitrogen and oxygen atoms in total. The Morgan fingerprint density at radius 1 is 1.25 bits per heavy atom. The lowest BCUT2D eigenvalue weighted by Gasteiger charge is -2.26. The SMILES string of the molecule is CC1(C)C(C=C(Cl)Cl)C1C(=O)Nc1nc(-c2ccc(S(=O)(=O)N3CCOCC3)cc2)cs1. The summed E-state index contributed by atoms with van der Waals surface area (Å²) in [5, 5.41) is 5.18. The van der Waals surface area contributed by atoms with Crippen LogP contribution in [-0.2, 0) is 19.6 Å². The molecule has 2 fully saturated rings. The van der Waals surface area contributed by atoms with E-state index in [9.17, 15) is 13.2 Å². The Hall–Kier alpha value is -1.49. The Bertz CT molecular complexity index is 1140. The van der Waals surface area contributed by atoms with Crippen molar-refractivity contribution < 1.29 is 17.9 Å². The number of carbonyl (C=O) groups excluding carboxylic acids is 1. The van der Waals surface area contributed by atoms with Crippen LogP contribution >= 0.6 is 34.5 Å². The van der Waals surface area contributed by atoms with Crippen molar-refractivity contribution in [3.05, 3.63) is 40.2 Å². The molecule has 0 radical (unpaired) electrons. The van der Waals surface area contributed by atoms with Gasteiger partial charge in [-0.2, -0.15) is 4.31 Å². The van der Waals surface area contributed by atoms with Gasteiger partial charge in [0.2, 0.25) is 15.9 Å². The molecule has 1 aliphatic heterocycles. The zero-order valence-corrected chi connectivity index (χ0v) is 20.7. The molecule has 0 spiro atoms. The predicted octanol–water partition coefficient (Wildman–Crippen LogP) is 4.36. The molecule has 1 aliphatic carbocycles. The van der Waals surface area contributed by atoms with Crippen LogP contribution in [0.1, 0.15) is 13.8 Å². The number of anilines is 1. The monoisotopic (exact) mass is 515 g/mol. The maximum absolute atomic E-state index is 12.8. The van der Waals surface area contributed by atoms with Crippen LogP contribution in [0.3, 0.4) is 0 Å². The van der Waals surface area contributed by atoms with Gasteiger partial charge in [-0.15, -0.1) is 11.3 Å². The van der Waals surface area contributed by atoms with Crippen LogP contribution < -0.4 is 5.32 Å². The van der Waals surface area contributed by atoms with Crippen LogP contribution in [0.2, 0.25) is 0 Å². The molecule has 1 saturated heterocycles. The van der Waals surface area contributed by atoms with Crippen molar-refractivity contribution >= 4 is 55.6 Å². The van der Waals surface area contributed by atoms with Crippen LogP contribution in [0.15, 0.2) is 45.1 Å². The molecule has 2 aliphatic rings. The maximum atomic E-state index is 12.8. The predicted molar refractivity (Wildman–Crippen MR) is 126 cm³/mol. The summed E-state index contributed by atoms with van der Waals surface area (Å²) in [6, 6.07) is 6.61. The van der Waals surface area contributed by atoms with Crippen LogP contribution in [0.25, 0.3) is 11.3 Å². The van der Waals surface area contributed by atoms with E-state index >= 15 is 0 Å². The minimum absolute atomic E-state index is 0.0205. The van der Waals surface area contributed by atoms with Gasteiger partial charge in [0.15, 0.2) is 5.13 Å². The van der Waals surface area contributed by atoms with E-state index in [-0.39, 0.29) is 32.5 Å². The molecule has 1 aromatic heterocycles. The molecular weight excluding hydrogens is 493 g/mol. The molecule has 172 valence electrons. The lowest BCUT2D eigenvalue weighted by Crippen LogP contribution is -2.40. The van der Waals surface area contributed by atoms with Crippen molar-refractivity contribution in [2.24, 2.45) is 17.3 Å². The summed E-state index contributed by atoms with van der Waals surface area (Å²) >= 11 is 12.8. The van der Waals surface area contributed by atoms with E-state index in [0.717, 1.165) is 5.56 Å². The van der Waals surface area contributed by atoms with Crippen molar-refractivity contribution in [3.63, 3.8) is 0 Å². The summed E-state index contributed by atoms with van der Waals surface area (Å²) < 4.78 is 32.4. The third kappa shape index (κ3) is 4.73. The Morgan fingerprint density at radius 2 is 1.91 bits per heavy atom. The van der Waals surface area contributed by atoms with Gasteiger partial charge in [-0.3, -0.25) is 4.79 Å². The number of allylic oxidation sites excluding steroid dienone is 1. The standard InChI is InChI=1S/C21H23Cl2N3O4S2/c1-21(2)15(11-17(22)23)18(21)19(27)25-20-24-16(12-31-20)13-3-5-14(6-4-13)32(28,29)26-7-9-30-10-8-26/h3-6,11-12,15,18H,7-10H2,1-2H3,(H,24,25,27). The summed E-state index contributed by atoms with van der Waals surface area (Å²) in [5.41, 5.74) is 1.21. The van der Waals surface area contributed by atoms with Crippen molar-refractivity contribution in [2.45, 2.75) is 18.7 Å². The average molecular weight is 516 g/mol. The summed E-state index contributed by atoms with van der Waals surface area (Å²) in [7, 11) is -3.54. The molecule has 4 rings (SSSR count). The lowest BCUT2D eigenvalue weighted by atomic mass is 10.1. The van der Waals surface area contributed by atoms with Gasteiger partial charge < -0.3 is 10.1 Å². The molecule has 2 atom stereocenters. The number of nitrogens with one attached hydrogen (secondary N) is 1. The molecule has 2 heterocycles. The van der Waals surface area contributed by atoms with Gasteiger partial charge in [-0.05, 0) is 29.5 Å². The number of aromatic nitrogens is 1. The van der Waals surface area contributed by atoms with Crippen LogP contribution in [0.5, 0.6) is 0 Å². The molecule has 0 bridgehead atoms. The van der Waals surface area contributed by atoms with Gasteiger partial charge in [0.1, 0.15) is 4.49 Å². The van der Waals surface area contributed by atoms with Crippen molar-refractivity contribution in [3.8, 4) is 11.3 Å². The molecule has 11 heteroatoms. The highest BCUT2D eigenvalue weighted by Crippen LogP contribution is 2.60. The minimum atomic E-state index is -3.54. The van der Waals surface area contributed by atoms with Gasteiger partial charge in [0.05, 0.1) is 29.7 Å². The smallest absolute Gasteiger partial charge is 0.243 e. The summed E-state index contributed by atoms with van der Waals surface area (Å²) in [5.74, 6) is -0.376. The number of thiazole rings is 1. The molecule has 2 aromatic rings. The number of hydrogen-bond acceptors (Lipinski definition) is 6. The van der Waals surface area contributed by atoms with E-state index in [1.54, 1.807) is 30.3 Å². The van der Waals surface area contributed by atoms with Crippen LogP contribution in [-0.4, -0.2) is 49.9 Å². The van der Waals surface area contributed by atoms with Gasteiger partial charge in [0.25, 0.3) is 0 Å². The molecule has 1 aromatic carbocycles. The first-order valence-corrected chi connectivity index (χ1v) is 13.2. The number of benzene rings is 1. The van der Waals surface area contributed by atoms with E-state index in [1.165, 1.54) is 15.6 Å². The summed E-state index contributed by atoms with van der Waals surface area (Å²) in [6.45, 7) is 5.50. The first-order chi connectivity index (χ1) is 15.1. The van der Waals surface area contributed by atoms with E-state index in [2.05, 4.69) is 10.3 Å². The number of ether oxygens (including phenoxy) is 1.